The van der Waals surface area contributed by atoms with E-state index in [1.165, 1.54) is 6.07 Å². The van der Waals surface area contributed by atoms with Crippen molar-refractivity contribution in [2.75, 3.05) is 0 Å². The third-order valence-electron chi connectivity index (χ3n) is 1.86. The molecule has 0 amide bonds. The molecule has 74 valence electrons. The van der Waals surface area contributed by atoms with Crippen LogP contribution >= 0.6 is 0 Å². The van der Waals surface area contributed by atoms with E-state index in [0.717, 1.165) is 12.6 Å². The maximum atomic E-state index is 12.8. The Morgan fingerprint density at radius 1 is 1.46 bits per heavy atom. The van der Waals surface area contributed by atoms with Crippen LogP contribution in [0.25, 0.3) is 0 Å². The van der Waals surface area contributed by atoms with E-state index in [9.17, 15) is 8.78 Å². The second kappa shape index (κ2) is 3.09. The average Bonchev–Trinajstić information content (AvgIpc) is 2.29. The normalized spacial score (nSPS) is 12.5. The summed E-state index contributed by atoms with van der Waals surface area (Å²) in [6.07, 6.45) is 0. The summed E-state index contributed by atoms with van der Waals surface area (Å²) >= 11 is 0. The lowest BCUT2D eigenvalue weighted by Crippen LogP contribution is -2.10. The molecule has 0 aromatic carbocycles. The minimum Gasteiger partial charge on any atom is -0.267 e. The average molecular weight is 188 g/mol. The molecule has 0 spiro atoms. The van der Waals surface area contributed by atoms with Gasteiger partial charge in [-0.05, 0) is 26.8 Å². The Balaban J connectivity index is 3.10. The first kappa shape index (κ1) is 10.2. The third-order valence-corrected chi connectivity index (χ3v) is 1.86. The van der Waals surface area contributed by atoms with Crippen molar-refractivity contribution >= 4 is 0 Å². The van der Waals surface area contributed by atoms with Gasteiger partial charge in [0.25, 0.3) is 5.92 Å². The van der Waals surface area contributed by atoms with Gasteiger partial charge in [0.2, 0.25) is 0 Å². The summed E-state index contributed by atoms with van der Waals surface area (Å²) in [6.45, 7) is 6.47. The van der Waals surface area contributed by atoms with Gasteiger partial charge in [-0.2, -0.15) is 13.9 Å². The molecule has 0 bridgehead atoms. The Bertz CT molecular complexity index is 297. The maximum Gasteiger partial charge on any atom is 0.288 e. The highest BCUT2D eigenvalue weighted by atomic mass is 19.3. The fraction of sp³-hybridized carbons (Fsp3) is 0.667. The summed E-state index contributed by atoms with van der Waals surface area (Å²) in [5.74, 6) is -2.84. The molecule has 0 atom stereocenters. The first-order valence-electron chi connectivity index (χ1n) is 4.27. The van der Waals surface area contributed by atoms with Gasteiger partial charge in [-0.15, -0.1) is 0 Å². The van der Waals surface area contributed by atoms with Crippen LogP contribution in [-0.4, -0.2) is 9.78 Å². The van der Waals surface area contributed by atoms with Crippen LogP contribution in [0.5, 0.6) is 0 Å². The van der Waals surface area contributed by atoms with Crippen LogP contribution in [0, 0.1) is 6.92 Å². The smallest absolute Gasteiger partial charge is 0.267 e. The second-order valence-corrected chi connectivity index (χ2v) is 3.60. The first-order chi connectivity index (χ1) is 5.82. The predicted octanol–water partition coefficient (Wildman–Crippen LogP) is 2.88. The van der Waals surface area contributed by atoms with E-state index in [1.807, 2.05) is 13.8 Å². The Labute approximate surface area is 76.6 Å². The molecule has 2 nitrogen and oxygen atoms in total. The molecule has 0 saturated carbocycles. The second-order valence-electron chi connectivity index (χ2n) is 3.60. The van der Waals surface area contributed by atoms with Gasteiger partial charge in [0.15, 0.2) is 0 Å². The van der Waals surface area contributed by atoms with E-state index >= 15 is 0 Å². The molecule has 13 heavy (non-hydrogen) atoms. The van der Waals surface area contributed by atoms with Crippen molar-refractivity contribution in [1.82, 2.24) is 9.78 Å². The van der Waals surface area contributed by atoms with Crippen molar-refractivity contribution < 1.29 is 8.78 Å². The van der Waals surface area contributed by atoms with Gasteiger partial charge < -0.3 is 0 Å². The number of hydrogen-bond donors (Lipinski definition) is 0. The van der Waals surface area contributed by atoms with Crippen molar-refractivity contribution in [2.24, 2.45) is 0 Å². The lowest BCUT2D eigenvalue weighted by atomic mass is 10.2. The molecule has 1 rings (SSSR count). The maximum absolute atomic E-state index is 12.8. The lowest BCUT2D eigenvalue weighted by Gasteiger charge is -2.08. The number of alkyl halides is 2. The molecule has 0 fully saturated rings. The monoisotopic (exact) mass is 188 g/mol. The van der Waals surface area contributed by atoms with E-state index in [-0.39, 0.29) is 11.7 Å². The summed E-state index contributed by atoms with van der Waals surface area (Å²) in [5.41, 5.74) is 0.616. The first-order valence-corrected chi connectivity index (χ1v) is 4.27. The predicted molar refractivity (Wildman–Crippen MR) is 46.9 cm³/mol. The van der Waals surface area contributed by atoms with Gasteiger partial charge in [-0.1, -0.05) is 0 Å². The molecule has 0 radical (unpaired) electrons. The zero-order valence-electron chi connectivity index (χ0n) is 8.31. The highest BCUT2D eigenvalue weighted by molar-refractivity contribution is 5.13. The summed E-state index contributed by atoms with van der Waals surface area (Å²) in [4.78, 5) is 0. The van der Waals surface area contributed by atoms with Gasteiger partial charge in [0, 0.05) is 18.7 Å². The van der Waals surface area contributed by atoms with E-state index in [0.29, 0.717) is 0 Å². The summed E-state index contributed by atoms with van der Waals surface area (Å²) in [5, 5.41) is 3.85. The van der Waals surface area contributed by atoms with Crippen LogP contribution in [0.4, 0.5) is 8.78 Å². The summed E-state index contributed by atoms with van der Waals surface area (Å²) in [7, 11) is 0. The Kier molecular flexibility index (Phi) is 2.41. The van der Waals surface area contributed by atoms with E-state index < -0.39 is 5.92 Å². The number of rotatable bonds is 2. The standard InChI is InChI=1S/C9H14F2N2/c1-6(2)13-7(3)5-8(12-13)9(4,10)11/h5-6H,1-4H3. The highest BCUT2D eigenvalue weighted by Crippen LogP contribution is 2.26. The number of nitrogens with zero attached hydrogens (tertiary/aromatic N) is 2. The van der Waals surface area contributed by atoms with Gasteiger partial charge in [-0.25, -0.2) is 0 Å². The molecule has 1 aromatic rings. The highest BCUT2D eigenvalue weighted by Gasteiger charge is 2.28. The molecular weight excluding hydrogens is 174 g/mol. The van der Waals surface area contributed by atoms with Crippen LogP contribution in [0.1, 0.15) is 38.2 Å². The Hall–Kier alpha value is -0.930. The van der Waals surface area contributed by atoms with Crippen LogP contribution in [0.15, 0.2) is 6.07 Å². The van der Waals surface area contributed by atoms with Crippen molar-refractivity contribution in [3.05, 3.63) is 17.5 Å². The number of aryl methyl sites for hydroxylation is 1. The topological polar surface area (TPSA) is 17.8 Å². The molecule has 1 aromatic heterocycles. The van der Waals surface area contributed by atoms with Crippen molar-refractivity contribution in [3.8, 4) is 0 Å². The fourth-order valence-electron chi connectivity index (χ4n) is 1.23. The van der Waals surface area contributed by atoms with Crippen LogP contribution in [0.2, 0.25) is 0 Å². The third kappa shape index (κ3) is 2.05. The van der Waals surface area contributed by atoms with Crippen LogP contribution in [-0.2, 0) is 5.92 Å². The minimum atomic E-state index is -2.84. The molecule has 0 N–H and O–H groups in total. The molecular formula is C9H14F2N2. The van der Waals surface area contributed by atoms with Crippen LogP contribution in [0.3, 0.4) is 0 Å². The Morgan fingerprint density at radius 3 is 2.23 bits per heavy atom. The van der Waals surface area contributed by atoms with E-state index in [1.54, 1.807) is 11.6 Å². The minimum absolute atomic E-state index is 0.121. The van der Waals surface area contributed by atoms with Crippen LogP contribution < -0.4 is 0 Å². The zero-order valence-corrected chi connectivity index (χ0v) is 8.31. The van der Waals surface area contributed by atoms with Gasteiger partial charge >= 0.3 is 0 Å². The zero-order chi connectivity index (χ0) is 10.2. The molecule has 0 aliphatic carbocycles. The molecule has 0 aliphatic heterocycles. The number of halogens is 2. The quantitative estimate of drug-likeness (QED) is 0.697. The lowest BCUT2D eigenvalue weighted by molar-refractivity contribution is 0.0120. The largest absolute Gasteiger partial charge is 0.288 e. The Morgan fingerprint density at radius 2 is 2.00 bits per heavy atom. The van der Waals surface area contributed by atoms with Gasteiger partial charge in [-0.3, -0.25) is 4.68 Å². The number of hydrogen-bond acceptors (Lipinski definition) is 1. The summed E-state index contributed by atoms with van der Waals surface area (Å²) < 4.78 is 27.3. The molecule has 4 heteroatoms. The van der Waals surface area contributed by atoms with Crippen molar-refractivity contribution in [1.29, 1.82) is 0 Å². The van der Waals surface area contributed by atoms with E-state index in [4.69, 9.17) is 0 Å². The molecule has 0 aliphatic rings. The van der Waals surface area contributed by atoms with Crippen molar-refractivity contribution in [2.45, 2.75) is 39.7 Å². The molecule has 0 saturated heterocycles. The fourth-order valence-corrected chi connectivity index (χ4v) is 1.23. The molecule has 0 unspecified atom stereocenters. The van der Waals surface area contributed by atoms with Gasteiger partial charge in [0.1, 0.15) is 5.69 Å². The van der Waals surface area contributed by atoms with Crippen molar-refractivity contribution in [3.63, 3.8) is 0 Å². The molecule has 1 heterocycles. The SMILES string of the molecule is Cc1cc(C(C)(F)F)nn1C(C)C. The van der Waals surface area contributed by atoms with Gasteiger partial charge in [0.05, 0.1) is 0 Å². The number of aromatic nitrogens is 2. The van der Waals surface area contributed by atoms with E-state index in [2.05, 4.69) is 5.10 Å². The summed E-state index contributed by atoms with van der Waals surface area (Å²) in [6, 6.07) is 1.55.